The molecule has 0 spiro atoms. The third-order valence-electron chi connectivity index (χ3n) is 3.09. The number of phenolic OH excluding ortho intramolecular Hbond substituents is 1. The third-order valence-corrected chi connectivity index (χ3v) is 3.56. The minimum absolute atomic E-state index is 0.0716. The zero-order valence-electron chi connectivity index (χ0n) is 12.1. The van der Waals surface area contributed by atoms with Crippen LogP contribution in [0.2, 0.25) is 10.0 Å². The second-order valence-electron chi connectivity index (χ2n) is 4.79. The number of anilines is 1. The lowest BCUT2D eigenvalue weighted by atomic mass is 10.1. The van der Waals surface area contributed by atoms with Gasteiger partial charge in [0, 0.05) is 21.3 Å². The highest BCUT2D eigenvalue weighted by atomic mass is 35.5. The average molecular weight is 347 g/mol. The average Bonchev–Trinajstić information content (AvgIpc) is 2.50. The Morgan fingerprint density at radius 2 is 1.87 bits per heavy atom. The number of aromatic hydroxyl groups is 1. The molecule has 0 saturated heterocycles. The summed E-state index contributed by atoms with van der Waals surface area (Å²) in [5.41, 5.74) is 1.46. The first-order valence-corrected chi connectivity index (χ1v) is 7.34. The molecule has 0 aromatic heterocycles. The summed E-state index contributed by atoms with van der Waals surface area (Å²) in [6.45, 7) is 1.79. The summed E-state index contributed by atoms with van der Waals surface area (Å²) in [5.74, 6) is -0.657. The summed E-state index contributed by atoms with van der Waals surface area (Å²) < 4.78 is 0. The number of nitrogens with one attached hydrogen (secondary N) is 1. The number of amides is 1. The fourth-order valence-corrected chi connectivity index (χ4v) is 2.31. The molecule has 0 bridgehead atoms. The molecule has 116 valence electrons. The van der Waals surface area contributed by atoms with E-state index in [1.807, 2.05) is 6.07 Å². The number of nitriles is 1. The SMILES string of the molecule is Cc1cc(Cl)ccc1NC(=O)/C(C#N)=C/c1cc(Cl)ccc1O. The van der Waals surface area contributed by atoms with Crippen molar-refractivity contribution in [3.63, 3.8) is 0 Å². The monoisotopic (exact) mass is 346 g/mol. The Morgan fingerprint density at radius 1 is 1.22 bits per heavy atom. The van der Waals surface area contributed by atoms with Crippen molar-refractivity contribution in [2.75, 3.05) is 5.32 Å². The summed E-state index contributed by atoms with van der Waals surface area (Å²) in [6, 6.07) is 11.2. The second kappa shape index (κ2) is 7.19. The molecule has 4 nitrogen and oxygen atoms in total. The summed E-state index contributed by atoms with van der Waals surface area (Å²) in [5, 5.41) is 22.5. The molecule has 2 N–H and O–H groups in total. The molecular weight excluding hydrogens is 335 g/mol. The van der Waals surface area contributed by atoms with Crippen molar-refractivity contribution in [1.29, 1.82) is 5.26 Å². The van der Waals surface area contributed by atoms with Gasteiger partial charge in [-0.2, -0.15) is 5.26 Å². The highest BCUT2D eigenvalue weighted by molar-refractivity contribution is 6.31. The molecule has 23 heavy (non-hydrogen) atoms. The van der Waals surface area contributed by atoms with E-state index >= 15 is 0 Å². The van der Waals surface area contributed by atoms with E-state index in [1.54, 1.807) is 25.1 Å². The van der Waals surface area contributed by atoms with Crippen molar-refractivity contribution < 1.29 is 9.90 Å². The topological polar surface area (TPSA) is 73.1 Å². The molecule has 0 fully saturated rings. The summed E-state index contributed by atoms with van der Waals surface area (Å²) in [7, 11) is 0. The lowest BCUT2D eigenvalue weighted by Gasteiger charge is -2.08. The van der Waals surface area contributed by atoms with Crippen molar-refractivity contribution in [3.05, 3.63) is 63.1 Å². The van der Waals surface area contributed by atoms with Crippen LogP contribution in [0, 0.1) is 18.3 Å². The molecule has 0 atom stereocenters. The van der Waals surface area contributed by atoms with Crippen molar-refractivity contribution in [3.8, 4) is 11.8 Å². The Bertz CT molecular complexity index is 839. The van der Waals surface area contributed by atoms with E-state index in [1.165, 1.54) is 24.3 Å². The molecule has 0 aliphatic rings. The van der Waals surface area contributed by atoms with Crippen LogP contribution in [0.3, 0.4) is 0 Å². The molecule has 0 heterocycles. The van der Waals surface area contributed by atoms with E-state index in [4.69, 9.17) is 23.2 Å². The Labute approximate surface area is 143 Å². The van der Waals surface area contributed by atoms with Gasteiger partial charge in [-0.15, -0.1) is 0 Å². The first kappa shape index (κ1) is 16.9. The minimum Gasteiger partial charge on any atom is -0.507 e. The lowest BCUT2D eigenvalue weighted by molar-refractivity contribution is -0.112. The normalized spacial score (nSPS) is 11.0. The zero-order valence-corrected chi connectivity index (χ0v) is 13.6. The van der Waals surface area contributed by atoms with E-state index in [0.717, 1.165) is 5.56 Å². The molecule has 6 heteroatoms. The highest BCUT2D eigenvalue weighted by Gasteiger charge is 2.12. The quantitative estimate of drug-likeness (QED) is 0.632. The molecule has 2 aromatic carbocycles. The van der Waals surface area contributed by atoms with Crippen LogP contribution in [0.25, 0.3) is 6.08 Å². The number of nitrogens with zero attached hydrogens (tertiary/aromatic N) is 1. The molecule has 0 aliphatic carbocycles. The number of hydrogen-bond donors (Lipinski definition) is 2. The third kappa shape index (κ3) is 4.26. The maximum Gasteiger partial charge on any atom is 0.266 e. The summed E-state index contributed by atoms with van der Waals surface area (Å²) in [6.07, 6.45) is 1.28. The van der Waals surface area contributed by atoms with Gasteiger partial charge in [-0.1, -0.05) is 23.2 Å². The van der Waals surface area contributed by atoms with Crippen LogP contribution in [-0.4, -0.2) is 11.0 Å². The maximum atomic E-state index is 12.2. The fourth-order valence-electron chi connectivity index (χ4n) is 1.90. The molecule has 0 unspecified atom stereocenters. The molecule has 2 aromatic rings. The van der Waals surface area contributed by atoms with Gasteiger partial charge in [0.05, 0.1) is 0 Å². The highest BCUT2D eigenvalue weighted by Crippen LogP contribution is 2.25. The van der Waals surface area contributed by atoms with Crippen molar-refractivity contribution >= 4 is 40.9 Å². The van der Waals surface area contributed by atoms with Gasteiger partial charge in [0.15, 0.2) is 0 Å². The van der Waals surface area contributed by atoms with Crippen LogP contribution in [0.4, 0.5) is 5.69 Å². The zero-order chi connectivity index (χ0) is 17.0. The maximum absolute atomic E-state index is 12.2. The largest absolute Gasteiger partial charge is 0.507 e. The van der Waals surface area contributed by atoms with Gasteiger partial charge >= 0.3 is 0 Å². The van der Waals surface area contributed by atoms with Crippen molar-refractivity contribution in [2.24, 2.45) is 0 Å². The number of phenols is 1. The van der Waals surface area contributed by atoms with E-state index < -0.39 is 5.91 Å². The number of aryl methyl sites for hydroxylation is 1. The van der Waals surface area contributed by atoms with Crippen LogP contribution in [0.1, 0.15) is 11.1 Å². The van der Waals surface area contributed by atoms with E-state index in [9.17, 15) is 15.2 Å². The first-order valence-electron chi connectivity index (χ1n) is 6.58. The molecule has 0 aliphatic heterocycles. The van der Waals surface area contributed by atoms with Crippen molar-refractivity contribution in [1.82, 2.24) is 0 Å². The Balaban J connectivity index is 2.30. The summed E-state index contributed by atoms with van der Waals surface area (Å²) in [4.78, 5) is 12.2. The number of carbonyl (C=O) groups is 1. The van der Waals surface area contributed by atoms with Crippen LogP contribution >= 0.6 is 23.2 Å². The molecule has 0 radical (unpaired) electrons. The standard InChI is InChI=1S/C17H12Cl2N2O2/c1-10-6-13(18)2-4-15(10)21-17(23)12(9-20)7-11-8-14(19)3-5-16(11)22/h2-8,22H,1H3,(H,21,23)/b12-7+. The predicted octanol–water partition coefficient (Wildman–Crippen LogP) is 4.55. The van der Waals surface area contributed by atoms with Gasteiger partial charge in [0.2, 0.25) is 0 Å². The first-order chi connectivity index (χ1) is 10.9. The predicted molar refractivity (Wildman–Crippen MR) is 91.5 cm³/mol. The van der Waals surface area contributed by atoms with Gasteiger partial charge < -0.3 is 10.4 Å². The molecule has 1 amide bonds. The van der Waals surface area contributed by atoms with Gasteiger partial charge in [-0.05, 0) is 55.0 Å². The van der Waals surface area contributed by atoms with Crippen LogP contribution in [0.15, 0.2) is 42.0 Å². The lowest BCUT2D eigenvalue weighted by Crippen LogP contribution is -2.14. The number of rotatable bonds is 3. The van der Waals surface area contributed by atoms with Gasteiger partial charge in [-0.3, -0.25) is 4.79 Å². The Morgan fingerprint density at radius 3 is 2.52 bits per heavy atom. The van der Waals surface area contributed by atoms with E-state index in [-0.39, 0.29) is 16.9 Å². The minimum atomic E-state index is -0.586. The van der Waals surface area contributed by atoms with Gasteiger partial charge in [0.25, 0.3) is 5.91 Å². The fraction of sp³-hybridized carbons (Fsp3) is 0.0588. The molecule has 2 rings (SSSR count). The van der Waals surface area contributed by atoms with Crippen molar-refractivity contribution in [2.45, 2.75) is 6.92 Å². The van der Waals surface area contributed by atoms with Crippen LogP contribution in [-0.2, 0) is 4.79 Å². The smallest absolute Gasteiger partial charge is 0.266 e. The second-order valence-corrected chi connectivity index (χ2v) is 5.66. The van der Waals surface area contributed by atoms with Gasteiger partial charge in [0.1, 0.15) is 17.4 Å². The van der Waals surface area contributed by atoms with Gasteiger partial charge in [-0.25, -0.2) is 0 Å². The molecule has 0 saturated carbocycles. The number of carbonyl (C=O) groups excluding carboxylic acids is 1. The Hall–Kier alpha value is -2.48. The van der Waals surface area contributed by atoms with E-state index in [2.05, 4.69) is 5.32 Å². The number of halogens is 2. The number of hydrogen-bond acceptors (Lipinski definition) is 3. The van der Waals surface area contributed by atoms with Crippen LogP contribution < -0.4 is 5.32 Å². The number of benzene rings is 2. The Kier molecular flexibility index (Phi) is 5.28. The van der Waals surface area contributed by atoms with E-state index in [0.29, 0.717) is 15.7 Å². The molecular formula is C17H12Cl2N2O2. The summed E-state index contributed by atoms with van der Waals surface area (Å²) >= 11 is 11.7. The van der Waals surface area contributed by atoms with Crippen LogP contribution in [0.5, 0.6) is 5.75 Å².